The highest BCUT2D eigenvalue weighted by Gasteiger charge is 2.44. The van der Waals surface area contributed by atoms with Gasteiger partial charge < -0.3 is 14.4 Å². The summed E-state index contributed by atoms with van der Waals surface area (Å²) < 4.78 is 24.7. The van der Waals surface area contributed by atoms with Gasteiger partial charge in [-0.05, 0) is 73.0 Å². The molecule has 37 heavy (non-hydrogen) atoms. The number of halogens is 1. The zero-order valence-corrected chi connectivity index (χ0v) is 20.9. The first-order valence-corrected chi connectivity index (χ1v) is 12.2. The largest absolute Gasteiger partial charge is 0.497 e. The van der Waals surface area contributed by atoms with Gasteiger partial charge in [-0.15, -0.1) is 0 Å². The Hall–Kier alpha value is -4.20. The van der Waals surface area contributed by atoms with E-state index < -0.39 is 29.6 Å². The molecule has 0 bridgehead atoms. The molecule has 0 aliphatic carbocycles. The van der Waals surface area contributed by atoms with Crippen LogP contribution >= 0.6 is 0 Å². The van der Waals surface area contributed by atoms with Crippen LogP contribution in [0.15, 0.2) is 72.8 Å². The van der Waals surface area contributed by atoms with Crippen molar-refractivity contribution >= 4 is 23.4 Å². The lowest BCUT2D eigenvalue weighted by Crippen LogP contribution is -2.46. The van der Waals surface area contributed by atoms with Crippen LogP contribution in [0.5, 0.6) is 11.5 Å². The minimum atomic E-state index is -1.00. The smallest absolute Gasteiger partial charge is 0.257 e. The molecule has 0 aromatic heterocycles. The van der Waals surface area contributed by atoms with E-state index in [0.717, 1.165) is 23.0 Å². The number of imide groups is 1. The quantitative estimate of drug-likeness (QED) is 0.376. The molecule has 0 saturated carbocycles. The van der Waals surface area contributed by atoms with Gasteiger partial charge in [0.05, 0.1) is 25.8 Å². The number of nitrogens with zero attached hydrogens (tertiary/aromatic N) is 2. The molecule has 192 valence electrons. The van der Waals surface area contributed by atoms with Crippen LogP contribution in [0.3, 0.4) is 0 Å². The molecule has 1 aliphatic rings. The van der Waals surface area contributed by atoms with Gasteiger partial charge in [0.15, 0.2) is 0 Å². The van der Waals surface area contributed by atoms with Gasteiger partial charge in [-0.3, -0.25) is 14.4 Å². The summed E-state index contributed by atoms with van der Waals surface area (Å²) in [6, 6.07) is 18.4. The SMILES string of the molecule is CCCOc1ccc(N2C(=O)C[C@@H](N(CCc3ccc(OC)cc3)C(=O)c3cccc(F)c3)C2=O)cc1. The summed E-state index contributed by atoms with van der Waals surface area (Å²) in [5, 5.41) is 0. The fourth-order valence-electron chi connectivity index (χ4n) is 4.27. The van der Waals surface area contributed by atoms with Gasteiger partial charge in [-0.2, -0.15) is 0 Å². The normalized spacial score (nSPS) is 15.1. The number of carbonyl (C=O) groups excluding carboxylic acids is 3. The minimum Gasteiger partial charge on any atom is -0.497 e. The second-order valence-corrected chi connectivity index (χ2v) is 8.74. The lowest BCUT2D eigenvalue weighted by atomic mass is 10.1. The Balaban J connectivity index is 1.58. The maximum atomic E-state index is 13.9. The summed E-state index contributed by atoms with van der Waals surface area (Å²) in [7, 11) is 1.58. The van der Waals surface area contributed by atoms with Crippen LogP contribution < -0.4 is 14.4 Å². The number of methoxy groups -OCH3 is 1. The van der Waals surface area contributed by atoms with Crippen molar-refractivity contribution in [2.45, 2.75) is 32.2 Å². The summed E-state index contributed by atoms with van der Waals surface area (Å²) in [5.41, 5.74) is 1.45. The molecule has 1 heterocycles. The van der Waals surface area contributed by atoms with Crippen molar-refractivity contribution in [2.75, 3.05) is 25.2 Å². The lowest BCUT2D eigenvalue weighted by Gasteiger charge is -2.28. The average Bonchev–Trinajstić information content (AvgIpc) is 3.21. The van der Waals surface area contributed by atoms with Crippen molar-refractivity contribution in [1.29, 1.82) is 0 Å². The van der Waals surface area contributed by atoms with Crippen LogP contribution in [-0.2, 0) is 16.0 Å². The van der Waals surface area contributed by atoms with Crippen molar-refractivity contribution in [1.82, 2.24) is 4.90 Å². The van der Waals surface area contributed by atoms with Gasteiger partial charge in [0.1, 0.15) is 23.4 Å². The molecule has 0 radical (unpaired) electrons. The van der Waals surface area contributed by atoms with E-state index in [9.17, 15) is 18.8 Å². The zero-order chi connectivity index (χ0) is 26.4. The number of amides is 3. The third-order valence-electron chi connectivity index (χ3n) is 6.20. The molecule has 0 unspecified atom stereocenters. The highest BCUT2D eigenvalue weighted by atomic mass is 19.1. The number of carbonyl (C=O) groups is 3. The van der Waals surface area contributed by atoms with E-state index in [1.54, 1.807) is 31.4 Å². The minimum absolute atomic E-state index is 0.117. The van der Waals surface area contributed by atoms with Crippen molar-refractivity contribution in [2.24, 2.45) is 0 Å². The predicted molar refractivity (Wildman–Crippen MR) is 137 cm³/mol. The fraction of sp³-hybridized carbons (Fsp3) is 0.276. The third kappa shape index (κ3) is 5.97. The van der Waals surface area contributed by atoms with E-state index in [0.29, 0.717) is 30.2 Å². The summed E-state index contributed by atoms with van der Waals surface area (Å²) >= 11 is 0. The lowest BCUT2D eigenvalue weighted by molar-refractivity contribution is -0.122. The van der Waals surface area contributed by atoms with Crippen molar-refractivity contribution in [3.05, 3.63) is 89.7 Å². The number of anilines is 1. The fourth-order valence-corrected chi connectivity index (χ4v) is 4.27. The predicted octanol–water partition coefficient (Wildman–Crippen LogP) is 4.64. The van der Waals surface area contributed by atoms with Crippen molar-refractivity contribution < 1.29 is 28.2 Å². The second kappa shape index (κ2) is 11.7. The summed E-state index contributed by atoms with van der Waals surface area (Å²) in [6.45, 7) is 2.74. The van der Waals surface area contributed by atoms with E-state index in [-0.39, 0.29) is 18.5 Å². The molecule has 0 N–H and O–H groups in total. The monoisotopic (exact) mass is 504 g/mol. The van der Waals surface area contributed by atoms with Crippen molar-refractivity contribution in [3.8, 4) is 11.5 Å². The average molecular weight is 505 g/mol. The Morgan fingerprint density at radius 3 is 2.38 bits per heavy atom. The standard InChI is InChI=1S/C29H29FN2O5/c1-3-17-37-25-13-9-23(10-14-25)32-27(33)19-26(29(32)35)31(28(34)21-5-4-6-22(30)18-21)16-15-20-7-11-24(36-2)12-8-20/h4-14,18,26H,3,15-17,19H2,1-2H3/t26-/m1/s1. The molecule has 8 heteroatoms. The Morgan fingerprint density at radius 1 is 1.03 bits per heavy atom. The molecule has 7 nitrogen and oxygen atoms in total. The molecule has 1 fully saturated rings. The van der Waals surface area contributed by atoms with Gasteiger partial charge in [-0.1, -0.05) is 25.1 Å². The van der Waals surface area contributed by atoms with E-state index in [2.05, 4.69) is 0 Å². The van der Waals surface area contributed by atoms with E-state index in [1.165, 1.54) is 23.1 Å². The summed E-state index contributed by atoms with van der Waals surface area (Å²) in [5.74, 6) is -0.616. The summed E-state index contributed by atoms with van der Waals surface area (Å²) in [6.07, 6.45) is 1.14. The van der Waals surface area contributed by atoms with Gasteiger partial charge in [-0.25, -0.2) is 9.29 Å². The molecule has 1 aliphatic heterocycles. The first-order valence-electron chi connectivity index (χ1n) is 12.2. The van der Waals surface area contributed by atoms with Gasteiger partial charge >= 0.3 is 0 Å². The molecular formula is C29H29FN2O5. The van der Waals surface area contributed by atoms with Crippen LogP contribution in [0.25, 0.3) is 0 Å². The molecular weight excluding hydrogens is 475 g/mol. The Morgan fingerprint density at radius 2 is 1.73 bits per heavy atom. The second-order valence-electron chi connectivity index (χ2n) is 8.74. The molecule has 0 spiro atoms. The molecule has 4 rings (SSSR count). The molecule has 3 aromatic rings. The topological polar surface area (TPSA) is 76.2 Å². The number of hydrogen-bond acceptors (Lipinski definition) is 5. The number of benzene rings is 3. The Labute approximate surface area is 215 Å². The van der Waals surface area contributed by atoms with Crippen LogP contribution in [0, 0.1) is 5.82 Å². The third-order valence-corrected chi connectivity index (χ3v) is 6.20. The van der Waals surface area contributed by atoms with E-state index in [4.69, 9.17) is 9.47 Å². The van der Waals surface area contributed by atoms with Crippen LogP contribution in [0.4, 0.5) is 10.1 Å². The van der Waals surface area contributed by atoms with Crippen LogP contribution in [-0.4, -0.2) is 48.9 Å². The first-order chi connectivity index (χ1) is 17.9. The molecule has 3 amide bonds. The van der Waals surface area contributed by atoms with Crippen LogP contribution in [0.2, 0.25) is 0 Å². The van der Waals surface area contributed by atoms with Crippen molar-refractivity contribution in [3.63, 3.8) is 0 Å². The van der Waals surface area contributed by atoms with E-state index >= 15 is 0 Å². The van der Waals surface area contributed by atoms with Gasteiger partial charge in [0, 0.05) is 12.1 Å². The Kier molecular flexibility index (Phi) is 8.18. The maximum Gasteiger partial charge on any atom is 0.257 e. The molecule has 1 atom stereocenters. The highest BCUT2D eigenvalue weighted by Crippen LogP contribution is 2.29. The van der Waals surface area contributed by atoms with E-state index in [1.807, 2.05) is 31.2 Å². The highest BCUT2D eigenvalue weighted by molar-refractivity contribution is 6.23. The molecule has 3 aromatic carbocycles. The Bertz CT molecular complexity index is 1260. The number of rotatable bonds is 10. The molecule has 1 saturated heterocycles. The zero-order valence-electron chi connectivity index (χ0n) is 20.9. The van der Waals surface area contributed by atoms with Gasteiger partial charge in [0.25, 0.3) is 11.8 Å². The number of ether oxygens (including phenoxy) is 2. The first kappa shape index (κ1) is 25.9. The van der Waals surface area contributed by atoms with Crippen LogP contribution in [0.1, 0.15) is 35.7 Å². The van der Waals surface area contributed by atoms with Gasteiger partial charge in [0.2, 0.25) is 5.91 Å². The maximum absolute atomic E-state index is 13.9. The number of hydrogen-bond donors (Lipinski definition) is 0. The summed E-state index contributed by atoms with van der Waals surface area (Å²) in [4.78, 5) is 42.4.